The molecule has 110 valence electrons. The summed E-state index contributed by atoms with van der Waals surface area (Å²) in [7, 11) is 0. The van der Waals surface area contributed by atoms with Crippen molar-refractivity contribution in [2.24, 2.45) is 23.2 Å². The second kappa shape index (κ2) is 5.77. The highest BCUT2D eigenvalue weighted by Crippen LogP contribution is 2.53. The quantitative estimate of drug-likeness (QED) is 0.550. The highest BCUT2D eigenvalue weighted by Gasteiger charge is 2.44. The first-order valence-electron chi connectivity index (χ1n) is 7.46. The Morgan fingerprint density at radius 3 is 1.39 bits per heavy atom. The van der Waals surface area contributed by atoms with Crippen LogP contribution in [0.2, 0.25) is 0 Å². The molecule has 0 fully saturated rings. The van der Waals surface area contributed by atoms with Crippen molar-refractivity contribution in [2.45, 2.75) is 85.7 Å². The number of rotatable bonds is 6. The van der Waals surface area contributed by atoms with Gasteiger partial charge in [-0.1, -0.05) is 76.2 Å². The van der Waals surface area contributed by atoms with E-state index in [1.54, 1.807) is 0 Å². The highest BCUT2D eigenvalue weighted by atomic mass is 32.2. The van der Waals surface area contributed by atoms with Crippen LogP contribution in [0.5, 0.6) is 0 Å². The van der Waals surface area contributed by atoms with Gasteiger partial charge >= 0.3 is 0 Å². The molecule has 1 heteroatoms. The van der Waals surface area contributed by atoms with Crippen molar-refractivity contribution in [3.05, 3.63) is 0 Å². The van der Waals surface area contributed by atoms with E-state index in [0.717, 1.165) is 11.8 Å². The van der Waals surface area contributed by atoms with Crippen LogP contribution in [0.25, 0.3) is 0 Å². The molecule has 0 aliphatic rings. The van der Waals surface area contributed by atoms with E-state index in [-0.39, 0.29) is 4.75 Å². The van der Waals surface area contributed by atoms with Crippen LogP contribution in [-0.2, 0) is 0 Å². The smallest absolute Gasteiger partial charge is 0.0162 e. The van der Waals surface area contributed by atoms with Crippen molar-refractivity contribution in [1.29, 1.82) is 0 Å². The minimum absolute atomic E-state index is 0.286. The Balaban J connectivity index is 5.08. The Hall–Kier alpha value is 0.350. The van der Waals surface area contributed by atoms with Crippen molar-refractivity contribution < 1.29 is 0 Å². The molecule has 0 spiro atoms. The molecule has 0 bridgehead atoms. The fourth-order valence-corrected chi connectivity index (χ4v) is 4.65. The summed E-state index contributed by atoms with van der Waals surface area (Å²) in [5.74, 6) is 2.17. The maximum absolute atomic E-state index is 2.42. The number of hydrogen-bond donors (Lipinski definition) is 0. The van der Waals surface area contributed by atoms with Gasteiger partial charge in [-0.2, -0.15) is 0 Å². The lowest BCUT2D eigenvalue weighted by atomic mass is 9.72. The second-order valence-electron chi connectivity index (χ2n) is 8.12. The van der Waals surface area contributed by atoms with Crippen molar-refractivity contribution >= 4 is 11.8 Å². The molecule has 0 saturated heterocycles. The molecule has 0 aliphatic heterocycles. The Bertz CT molecular complexity index is 259. The minimum Gasteiger partial charge on any atom is -0.149 e. The molecule has 1 unspecified atom stereocenters. The van der Waals surface area contributed by atoms with Crippen LogP contribution in [0.3, 0.4) is 0 Å². The maximum Gasteiger partial charge on any atom is 0.0162 e. The van der Waals surface area contributed by atoms with Gasteiger partial charge in [-0.25, -0.2) is 0 Å². The van der Waals surface area contributed by atoms with E-state index in [1.807, 2.05) is 0 Å². The van der Waals surface area contributed by atoms with Crippen molar-refractivity contribution in [1.82, 2.24) is 0 Å². The van der Waals surface area contributed by atoms with Gasteiger partial charge in [0.05, 0.1) is 0 Å². The van der Waals surface area contributed by atoms with E-state index in [1.165, 1.54) is 0 Å². The lowest BCUT2D eigenvalue weighted by Crippen LogP contribution is -2.45. The Morgan fingerprint density at radius 1 is 0.722 bits per heavy atom. The second-order valence-corrected chi connectivity index (χ2v) is 10.4. The monoisotopic (exact) mass is 272 g/mol. The molecule has 0 aromatic rings. The predicted molar refractivity (Wildman–Crippen MR) is 88.4 cm³/mol. The van der Waals surface area contributed by atoms with Gasteiger partial charge in [-0.3, -0.25) is 0 Å². The lowest BCUT2D eigenvalue weighted by Gasteiger charge is -2.50. The van der Waals surface area contributed by atoms with Gasteiger partial charge in [0.1, 0.15) is 0 Å². The molecule has 0 aliphatic carbocycles. The molecule has 0 aromatic heterocycles. The number of thioether (sulfide) groups is 1. The summed E-state index contributed by atoms with van der Waals surface area (Å²) in [5, 5.41) is 0. The molecule has 18 heavy (non-hydrogen) atoms. The van der Waals surface area contributed by atoms with Gasteiger partial charge in [0, 0.05) is 9.49 Å². The van der Waals surface area contributed by atoms with Gasteiger partial charge in [0.25, 0.3) is 0 Å². The summed E-state index contributed by atoms with van der Waals surface area (Å²) in [6.45, 7) is 26.3. The first-order valence-corrected chi connectivity index (χ1v) is 8.27. The van der Waals surface area contributed by atoms with Crippen LogP contribution in [0.1, 0.15) is 76.2 Å². The Kier molecular flexibility index (Phi) is 5.88. The van der Waals surface area contributed by atoms with Crippen LogP contribution in [0.15, 0.2) is 0 Å². The fraction of sp³-hybridized carbons (Fsp3) is 1.00. The van der Waals surface area contributed by atoms with Crippen molar-refractivity contribution in [3.8, 4) is 0 Å². The molecular weight excluding hydrogens is 236 g/mol. The van der Waals surface area contributed by atoms with Gasteiger partial charge in [0.2, 0.25) is 0 Å². The summed E-state index contributed by atoms with van der Waals surface area (Å²) < 4.78 is 0.609. The largest absolute Gasteiger partial charge is 0.149 e. The topological polar surface area (TPSA) is 0 Å². The van der Waals surface area contributed by atoms with Gasteiger partial charge in [-0.05, 0) is 23.2 Å². The zero-order valence-corrected chi connectivity index (χ0v) is 15.5. The molecule has 0 aromatic carbocycles. The van der Waals surface area contributed by atoms with Crippen molar-refractivity contribution in [2.75, 3.05) is 0 Å². The first kappa shape index (κ1) is 18.4. The number of hydrogen-bond acceptors (Lipinski definition) is 1. The summed E-state index contributed by atoms with van der Waals surface area (Å²) in [6.07, 6.45) is 0. The van der Waals surface area contributed by atoms with E-state index in [4.69, 9.17) is 0 Å². The molecule has 0 heterocycles. The van der Waals surface area contributed by atoms with Crippen LogP contribution in [-0.4, -0.2) is 9.49 Å². The predicted octanol–water partition coefficient (Wildman–Crippen LogP) is 6.25. The van der Waals surface area contributed by atoms with E-state index in [9.17, 15) is 0 Å². The fourth-order valence-electron chi connectivity index (χ4n) is 2.38. The average Bonchev–Trinajstić information content (AvgIpc) is 2.13. The minimum atomic E-state index is 0.286. The third kappa shape index (κ3) is 3.92. The molecule has 0 nitrogen and oxygen atoms in total. The summed E-state index contributed by atoms with van der Waals surface area (Å²) in [6, 6.07) is 0. The standard InChI is InChI=1S/C17H36S/c1-12(2)14(5)16(8,9)18-17(10,11)15(6,7)13(3)4/h12-14H,1-11H3. The zero-order chi connectivity index (χ0) is 14.9. The van der Waals surface area contributed by atoms with E-state index >= 15 is 0 Å². The van der Waals surface area contributed by atoms with E-state index in [2.05, 4.69) is 87.9 Å². The SMILES string of the molecule is CC(C)C(C)C(C)(C)SC(C)(C)C(C)(C)C(C)C. The van der Waals surface area contributed by atoms with Crippen LogP contribution >= 0.6 is 11.8 Å². The maximum atomic E-state index is 2.42. The summed E-state index contributed by atoms with van der Waals surface area (Å²) >= 11 is 2.18. The molecule has 0 radical (unpaired) electrons. The molecule has 0 rings (SSSR count). The highest BCUT2D eigenvalue weighted by molar-refractivity contribution is 8.02. The molecule has 0 N–H and O–H groups in total. The summed E-state index contributed by atoms with van der Waals surface area (Å²) in [5.41, 5.74) is 0.339. The lowest BCUT2D eigenvalue weighted by molar-refractivity contribution is 0.188. The van der Waals surface area contributed by atoms with Crippen LogP contribution < -0.4 is 0 Å². The molecular formula is C17H36S. The Morgan fingerprint density at radius 2 is 1.11 bits per heavy atom. The third-order valence-corrected chi connectivity index (χ3v) is 7.54. The van der Waals surface area contributed by atoms with Gasteiger partial charge in [-0.15, -0.1) is 11.8 Å². The molecule has 1 atom stereocenters. The summed E-state index contributed by atoms with van der Waals surface area (Å²) in [4.78, 5) is 0. The van der Waals surface area contributed by atoms with Gasteiger partial charge < -0.3 is 0 Å². The van der Waals surface area contributed by atoms with E-state index < -0.39 is 0 Å². The van der Waals surface area contributed by atoms with E-state index in [0.29, 0.717) is 16.1 Å². The van der Waals surface area contributed by atoms with Crippen LogP contribution in [0.4, 0.5) is 0 Å². The zero-order valence-electron chi connectivity index (χ0n) is 14.6. The van der Waals surface area contributed by atoms with Crippen molar-refractivity contribution in [3.63, 3.8) is 0 Å². The molecule has 0 amide bonds. The average molecular weight is 273 g/mol. The Labute approximate surface area is 121 Å². The van der Waals surface area contributed by atoms with Crippen LogP contribution in [0, 0.1) is 23.2 Å². The normalized spacial score (nSPS) is 16.5. The first-order chi connectivity index (χ1) is 7.75. The van der Waals surface area contributed by atoms with Gasteiger partial charge in [0.15, 0.2) is 0 Å². The third-order valence-electron chi connectivity index (χ3n) is 5.61. The molecule has 0 saturated carbocycles.